The van der Waals surface area contributed by atoms with Gasteiger partial charge in [-0.3, -0.25) is 13.9 Å². The second kappa shape index (κ2) is 11.2. The van der Waals surface area contributed by atoms with Gasteiger partial charge >= 0.3 is 47.5 Å². The van der Waals surface area contributed by atoms with Crippen molar-refractivity contribution in [3.05, 3.63) is 0 Å². The van der Waals surface area contributed by atoms with Crippen molar-refractivity contribution in [3.63, 3.8) is 0 Å². The third-order valence-electron chi connectivity index (χ3n) is 1.41. The molecule has 0 amide bonds. The van der Waals surface area contributed by atoms with Crippen LogP contribution in [-0.2, 0) is 35.7 Å². The molecule has 0 aromatic rings. The van der Waals surface area contributed by atoms with E-state index in [0.29, 0.717) is 0 Å². The first-order valence-electron chi connectivity index (χ1n) is 3.31. The minimum absolute atomic E-state index is 0. The van der Waals surface area contributed by atoms with E-state index in [1.165, 1.54) is 0 Å². The third kappa shape index (κ3) is 8.81. The molecule has 0 unspecified atom stereocenters. The summed E-state index contributed by atoms with van der Waals surface area (Å²) in [7, 11) is 0. The normalized spacial score (nSPS) is 9.00. The molecule has 0 spiro atoms. The molecule has 0 aromatic heterocycles. The Morgan fingerprint density at radius 1 is 1.06 bits per heavy atom. The van der Waals surface area contributed by atoms with Crippen molar-refractivity contribution in [3.8, 4) is 0 Å². The summed E-state index contributed by atoms with van der Waals surface area (Å²) in [5, 5.41) is 25.3. The van der Waals surface area contributed by atoms with Gasteiger partial charge in [-0.05, 0) is 0 Å². The summed E-state index contributed by atoms with van der Waals surface area (Å²) in [6.45, 7) is 0. The summed E-state index contributed by atoms with van der Waals surface area (Å²) in [4.78, 5) is 31.1. The molecule has 17 heavy (non-hydrogen) atoms. The number of carbonyl (C=O) groups is 3. The molecule has 0 saturated heterocycles. The summed E-state index contributed by atoms with van der Waals surface area (Å²) in [5.41, 5.74) is -2.43. The van der Waals surface area contributed by atoms with Crippen LogP contribution in [0, 0.1) is 0 Å². The molecule has 0 saturated carbocycles. The molecule has 11 heteroatoms. The van der Waals surface area contributed by atoms with Crippen LogP contribution in [0.15, 0.2) is 0 Å². The summed E-state index contributed by atoms with van der Waals surface area (Å²) < 4.78 is 3.93. The fourth-order valence-corrected chi connectivity index (χ4v) is 0.965. The standard InChI is InChI=1S/C6H7ClO7.Fe.H3N.Na.H/c7-14-6(5(12)13,1-3(8)9)2-4(10)11;;;;/h1-2H2,(H,8,9)(H,10,11)(H,12,13);;1H3;;. The van der Waals surface area contributed by atoms with Crippen molar-refractivity contribution in [1.82, 2.24) is 6.15 Å². The van der Waals surface area contributed by atoms with Gasteiger partial charge in [0.05, 0.1) is 24.7 Å². The molecule has 6 N–H and O–H groups in total. The van der Waals surface area contributed by atoms with Gasteiger partial charge in [0.15, 0.2) is 0 Å². The predicted octanol–water partition coefficient (Wildman–Crippen LogP) is -0.559. The van der Waals surface area contributed by atoms with Gasteiger partial charge in [-0.25, -0.2) is 4.79 Å². The first kappa shape index (κ1) is 25.9. The molecule has 98 valence electrons. The number of halogens is 1. The number of carboxylic acid groups (broad SMARTS) is 3. The molecule has 0 atom stereocenters. The predicted molar refractivity (Wildman–Crippen MR) is 54.0 cm³/mol. The molecule has 0 rings (SSSR count). The van der Waals surface area contributed by atoms with Crippen LogP contribution in [0.5, 0.6) is 0 Å². The maximum absolute atomic E-state index is 10.6. The van der Waals surface area contributed by atoms with Gasteiger partial charge < -0.3 is 21.5 Å². The van der Waals surface area contributed by atoms with Crippen LogP contribution in [0.1, 0.15) is 12.8 Å². The first-order valence-corrected chi connectivity index (χ1v) is 3.61. The Bertz CT molecular complexity index is 261. The molecular weight excluding hydrogens is 312 g/mol. The van der Waals surface area contributed by atoms with E-state index in [1.807, 2.05) is 0 Å². The van der Waals surface area contributed by atoms with Gasteiger partial charge in [0.1, 0.15) is 0 Å². The van der Waals surface area contributed by atoms with E-state index in [9.17, 15) is 14.4 Å². The van der Waals surface area contributed by atoms with Crippen molar-refractivity contribution in [1.29, 1.82) is 0 Å². The van der Waals surface area contributed by atoms with E-state index >= 15 is 0 Å². The van der Waals surface area contributed by atoms with Gasteiger partial charge in [0.2, 0.25) is 5.60 Å². The Morgan fingerprint density at radius 2 is 1.35 bits per heavy atom. The van der Waals surface area contributed by atoms with Crippen molar-refractivity contribution >= 4 is 59.3 Å². The zero-order valence-corrected chi connectivity index (χ0v) is 9.69. The Labute approximate surface area is 134 Å². The van der Waals surface area contributed by atoms with E-state index in [2.05, 4.69) is 4.29 Å². The average Bonchev–Trinajstić information content (AvgIpc) is 2.00. The van der Waals surface area contributed by atoms with Crippen LogP contribution in [0.25, 0.3) is 0 Å². The van der Waals surface area contributed by atoms with E-state index in [1.54, 1.807) is 0 Å². The Kier molecular flexibility index (Phi) is 17.1. The van der Waals surface area contributed by atoms with Crippen LogP contribution in [0.4, 0.5) is 0 Å². The van der Waals surface area contributed by atoms with E-state index in [-0.39, 0.29) is 52.8 Å². The SMILES string of the molecule is N.O=C(O)CC(CC(=O)O)(OCl)C(=O)O.[Fe].[NaH]. The number of carboxylic acids is 3. The average molecular weight is 323 g/mol. The molecule has 0 aliphatic carbocycles. The van der Waals surface area contributed by atoms with Gasteiger partial charge in [-0.2, -0.15) is 0 Å². The van der Waals surface area contributed by atoms with Crippen LogP contribution in [0.3, 0.4) is 0 Å². The molecule has 0 radical (unpaired) electrons. The molecule has 0 bridgehead atoms. The van der Waals surface area contributed by atoms with Crippen molar-refractivity contribution in [2.75, 3.05) is 0 Å². The zero-order valence-electron chi connectivity index (χ0n) is 7.83. The Balaban J connectivity index is -0.000000282. The van der Waals surface area contributed by atoms with E-state index in [4.69, 9.17) is 27.2 Å². The van der Waals surface area contributed by atoms with Crippen LogP contribution < -0.4 is 6.15 Å². The maximum atomic E-state index is 10.6. The number of aliphatic carboxylic acids is 3. The number of hydrogen-bond acceptors (Lipinski definition) is 5. The minimum atomic E-state index is -2.43. The summed E-state index contributed by atoms with van der Waals surface area (Å²) >= 11 is 4.80. The molecular formula is C6H11ClFeNNaO7. The number of hydrogen-bond donors (Lipinski definition) is 4. The monoisotopic (exact) mass is 323 g/mol. The van der Waals surface area contributed by atoms with Gasteiger partial charge in [0, 0.05) is 17.1 Å². The summed E-state index contributed by atoms with van der Waals surface area (Å²) in [5.74, 6) is -4.78. The van der Waals surface area contributed by atoms with E-state index < -0.39 is 36.4 Å². The fraction of sp³-hybridized carbons (Fsp3) is 0.500. The van der Waals surface area contributed by atoms with Gasteiger partial charge in [0.25, 0.3) is 0 Å². The summed E-state index contributed by atoms with van der Waals surface area (Å²) in [6.07, 6.45) is -2.06. The van der Waals surface area contributed by atoms with Crippen LogP contribution >= 0.6 is 11.9 Å². The topological polar surface area (TPSA) is 156 Å². The van der Waals surface area contributed by atoms with Crippen LogP contribution in [-0.4, -0.2) is 68.4 Å². The summed E-state index contributed by atoms with van der Waals surface area (Å²) in [6, 6.07) is 0. The first-order chi connectivity index (χ1) is 6.34. The van der Waals surface area contributed by atoms with Gasteiger partial charge in [-0.15, -0.1) is 0 Å². The Morgan fingerprint density at radius 3 is 1.47 bits per heavy atom. The van der Waals surface area contributed by atoms with E-state index in [0.717, 1.165) is 0 Å². The molecule has 0 aliphatic heterocycles. The quantitative estimate of drug-likeness (QED) is 0.474. The zero-order chi connectivity index (χ0) is 11.4. The molecule has 0 fully saturated rings. The van der Waals surface area contributed by atoms with Crippen molar-refractivity contribution < 1.29 is 51.1 Å². The number of rotatable bonds is 6. The third-order valence-corrected chi connectivity index (χ3v) is 1.71. The molecule has 0 aliphatic rings. The molecule has 0 heterocycles. The molecule has 0 aromatic carbocycles. The Hall–Kier alpha value is 0.139. The second-order valence-electron chi connectivity index (χ2n) is 2.52. The van der Waals surface area contributed by atoms with Crippen molar-refractivity contribution in [2.24, 2.45) is 0 Å². The fourth-order valence-electron chi connectivity index (χ4n) is 0.790. The van der Waals surface area contributed by atoms with Crippen LogP contribution in [0.2, 0.25) is 0 Å². The van der Waals surface area contributed by atoms with Gasteiger partial charge in [-0.1, -0.05) is 0 Å². The van der Waals surface area contributed by atoms with Crippen molar-refractivity contribution in [2.45, 2.75) is 18.4 Å². The molecule has 8 nitrogen and oxygen atoms in total. The second-order valence-corrected chi connectivity index (χ2v) is 2.67.